The SMILES string of the molecule is O=C(c1ccccc1)C1CCN(C(=O)Nc2cccc3ccccc23)CC1. The van der Waals surface area contributed by atoms with Gasteiger partial charge >= 0.3 is 6.03 Å². The second-order valence-electron chi connectivity index (χ2n) is 6.95. The van der Waals surface area contributed by atoms with Crippen LogP contribution in [0.3, 0.4) is 0 Å². The third-order valence-electron chi connectivity index (χ3n) is 5.24. The van der Waals surface area contributed by atoms with E-state index >= 15 is 0 Å². The van der Waals surface area contributed by atoms with E-state index in [4.69, 9.17) is 0 Å². The Bertz CT molecular complexity index is 955. The molecule has 4 rings (SSSR count). The highest BCUT2D eigenvalue weighted by Gasteiger charge is 2.28. The van der Waals surface area contributed by atoms with Crippen LogP contribution in [0.4, 0.5) is 10.5 Å². The Hall–Kier alpha value is -3.14. The third kappa shape index (κ3) is 3.70. The molecule has 0 radical (unpaired) electrons. The Kier molecular flexibility index (Phi) is 4.88. The smallest absolute Gasteiger partial charge is 0.321 e. The van der Waals surface area contributed by atoms with Gasteiger partial charge in [-0.1, -0.05) is 66.7 Å². The van der Waals surface area contributed by atoms with Crippen LogP contribution in [0.1, 0.15) is 23.2 Å². The number of fused-ring (bicyclic) bond motifs is 1. The van der Waals surface area contributed by atoms with Crippen LogP contribution >= 0.6 is 0 Å². The Labute approximate surface area is 158 Å². The lowest BCUT2D eigenvalue weighted by molar-refractivity contribution is 0.0859. The molecular weight excluding hydrogens is 336 g/mol. The lowest BCUT2D eigenvalue weighted by Gasteiger charge is -2.31. The molecule has 2 amide bonds. The summed E-state index contributed by atoms with van der Waals surface area (Å²) in [6.45, 7) is 1.19. The van der Waals surface area contributed by atoms with Gasteiger partial charge in [-0.3, -0.25) is 4.79 Å². The van der Waals surface area contributed by atoms with E-state index in [9.17, 15) is 9.59 Å². The van der Waals surface area contributed by atoms with Gasteiger partial charge in [-0.15, -0.1) is 0 Å². The number of rotatable bonds is 3. The zero-order valence-corrected chi connectivity index (χ0v) is 15.1. The summed E-state index contributed by atoms with van der Waals surface area (Å²) in [6.07, 6.45) is 1.41. The summed E-state index contributed by atoms with van der Waals surface area (Å²) >= 11 is 0. The largest absolute Gasteiger partial charge is 0.324 e. The minimum atomic E-state index is -0.100. The molecule has 27 heavy (non-hydrogen) atoms. The molecule has 0 aromatic heterocycles. The zero-order chi connectivity index (χ0) is 18.6. The average Bonchev–Trinajstić information content (AvgIpc) is 2.74. The highest BCUT2D eigenvalue weighted by atomic mass is 16.2. The number of likely N-dealkylation sites (tertiary alicyclic amines) is 1. The number of Topliss-reactive ketones (excluding diaryl/α,β-unsaturated/α-hetero) is 1. The summed E-state index contributed by atoms with van der Waals surface area (Å²) in [4.78, 5) is 27.1. The summed E-state index contributed by atoms with van der Waals surface area (Å²) in [7, 11) is 0. The molecule has 136 valence electrons. The first-order chi connectivity index (χ1) is 13.2. The molecule has 0 bridgehead atoms. The van der Waals surface area contributed by atoms with Gasteiger partial charge in [0.15, 0.2) is 5.78 Å². The molecule has 1 fully saturated rings. The first-order valence-electron chi connectivity index (χ1n) is 9.35. The molecule has 4 heteroatoms. The number of ketones is 1. The number of nitrogens with zero attached hydrogens (tertiary/aromatic N) is 1. The number of hydrogen-bond donors (Lipinski definition) is 1. The zero-order valence-electron chi connectivity index (χ0n) is 15.1. The van der Waals surface area contributed by atoms with Gasteiger partial charge in [0.2, 0.25) is 0 Å². The van der Waals surface area contributed by atoms with E-state index in [1.54, 1.807) is 4.90 Å². The molecule has 1 aliphatic heterocycles. The van der Waals surface area contributed by atoms with Gasteiger partial charge in [0.1, 0.15) is 0 Å². The highest BCUT2D eigenvalue weighted by molar-refractivity contribution is 6.02. The lowest BCUT2D eigenvalue weighted by Crippen LogP contribution is -2.42. The highest BCUT2D eigenvalue weighted by Crippen LogP contribution is 2.25. The molecule has 3 aromatic carbocycles. The van der Waals surface area contributed by atoms with E-state index in [-0.39, 0.29) is 17.7 Å². The first kappa shape index (κ1) is 17.3. The number of carbonyl (C=O) groups excluding carboxylic acids is 2. The second kappa shape index (κ2) is 7.62. The molecule has 1 heterocycles. The van der Waals surface area contributed by atoms with Crippen LogP contribution in [0.15, 0.2) is 72.8 Å². The van der Waals surface area contributed by atoms with Crippen molar-refractivity contribution < 1.29 is 9.59 Å². The van der Waals surface area contributed by atoms with Crippen LogP contribution in [0.5, 0.6) is 0 Å². The van der Waals surface area contributed by atoms with Gasteiger partial charge in [-0.2, -0.15) is 0 Å². The third-order valence-corrected chi connectivity index (χ3v) is 5.24. The van der Waals surface area contributed by atoms with E-state index < -0.39 is 0 Å². The standard InChI is InChI=1S/C23H22N2O2/c26-22(18-8-2-1-3-9-18)19-13-15-25(16-14-19)23(27)24-21-12-6-10-17-7-4-5-11-20(17)21/h1-12,19H,13-16H2,(H,24,27). The lowest BCUT2D eigenvalue weighted by atomic mass is 9.89. The van der Waals surface area contributed by atoms with E-state index in [0.717, 1.165) is 22.0 Å². The molecule has 0 spiro atoms. The number of urea groups is 1. The molecule has 1 aliphatic rings. The van der Waals surface area contributed by atoms with Gasteiger partial charge in [0, 0.05) is 30.0 Å². The monoisotopic (exact) mass is 358 g/mol. The number of hydrogen-bond acceptors (Lipinski definition) is 2. The predicted molar refractivity (Wildman–Crippen MR) is 108 cm³/mol. The van der Waals surface area contributed by atoms with Gasteiger partial charge < -0.3 is 10.2 Å². The van der Waals surface area contributed by atoms with Gasteiger partial charge in [-0.25, -0.2) is 4.79 Å². The maximum absolute atomic E-state index is 12.7. The molecule has 0 saturated carbocycles. The maximum Gasteiger partial charge on any atom is 0.321 e. The Morgan fingerprint density at radius 1 is 0.815 bits per heavy atom. The summed E-state index contributed by atoms with van der Waals surface area (Å²) in [5.41, 5.74) is 1.58. The van der Waals surface area contributed by atoms with Gasteiger partial charge in [-0.05, 0) is 24.3 Å². The Balaban J connectivity index is 1.39. The molecule has 1 saturated heterocycles. The van der Waals surface area contributed by atoms with Crippen LogP contribution in [0, 0.1) is 5.92 Å². The topological polar surface area (TPSA) is 49.4 Å². The molecule has 0 aliphatic carbocycles. The van der Waals surface area contributed by atoms with E-state index in [2.05, 4.69) is 5.32 Å². The summed E-state index contributed by atoms with van der Waals surface area (Å²) in [5.74, 6) is 0.179. The number of anilines is 1. The van der Waals surface area contributed by atoms with Crippen LogP contribution in [-0.2, 0) is 0 Å². The average molecular weight is 358 g/mol. The maximum atomic E-state index is 12.7. The van der Waals surface area contributed by atoms with Crippen molar-refractivity contribution in [2.75, 3.05) is 18.4 Å². The molecule has 0 unspecified atom stereocenters. The molecule has 0 atom stereocenters. The van der Waals surface area contributed by atoms with Crippen molar-refractivity contribution in [3.63, 3.8) is 0 Å². The van der Waals surface area contributed by atoms with Crippen LogP contribution < -0.4 is 5.32 Å². The van der Waals surface area contributed by atoms with E-state index in [1.807, 2.05) is 72.8 Å². The van der Waals surface area contributed by atoms with Crippen LogP contribution in [0.25, 0.3) is 10.8 Å². The van der Waals surface area contributed by atoms with Crippen molar-refractivity contribution in [2.24, 2.45) is 5.92 Å². The molecule has 1 N–H and O–H groups in total. The van der Waals surface area contributed by atoms with E-state index in [1.165, 1.54) is 0 Å². The predicted octanol–water partition coefficient (Wildman–Crippen LogP) is 4.97. The van der Waals surface area contributed by atoms with Crippen molar-refractivity contribution in [2.45, 2.75) is 12.8 Å². The Morgan fingerprint density at radius 2 is 1.48 bits per heavy atom. The molecule has 3 aromatic rings. The summed E-state index contributed by atoms with van der Waals surface area (Å²) in [5, 5.41) is 5.16. The number of nitrogens with one attached hydrogen (secondary N) is 1. The fourth-order valence-corrected chi connectivity index (χ4v) is 3.71. The van der Waals surface area contributed by atoms with Crippen molar-refractivity contribution in [3.05, 3.63) is 78.4 Å². The minimum absolute atomic E-state index is 0.00555. The second-order valence-corrected chi connectivity index (χ2v) is 6.95. The van der Waals surface area contributed by atoms with Gasteiger partial charge in [0.05, 0.1) is 5.69 Å². The summed E-state index contributed by atoms with van der Waals surface area (Å²) in [6, 6.07) is 23.2. The number of piperidine rings is 1. The minimum Gasteiger partial charge on any atom is -0.324 e. The number of amides is 2. The van der Waals surface area contributed by atoms with Crippen molar-refractivity contribution in [3.8, 4) is 0 Å². The molecular formula is C23H22N2O2. The van der Waals surface area contributed by atoms with Crippen molar-refractivity contribution >= 4 is 28.3 Å². The van der Waals surface area contributed by atoms with Crippen molar-refractivity contribution in [1.29, 1.82) is 0 Å². The summed E-state index contributed by atoms with van der Waals surface area (Å²) < 4.78 is 0. The number of benzene rings is 3. The van der Waals surface area contributed by atoms with Crippen molar-refractivity contribution in [1.82, 2.24) is 4.90 Å². The Morgan fingerprint density at radius 3 is 2.26 bits per heavy atom. The first-order valence-corrected chi connectivity index (χ1v) is 9.35. The number of carbonyl (C=O) groups is 2. The van der Waals surface area contributed by atoms with Gasteiger partial charge in [0.25, 0.3) is 0 Å². The normalized spacial score (nSPS) is 14.9. The van der Waals surface area contributed by atoms with E-state index in [0.29, 0.717) is 25.9 Å². The quantitative estimate of drug-likeness (QED) is 0.672. The van der Waals surface area contributed by atoms with Crippen LogP contribution in [0.2, 0.25) is 0 Å². The van der Waals surface area contributed by atoms with Crippen LogP contribution in [-0.4, -0.2) is 29.8 Å². The fraction of sp³-hybridized carbons (Fsp3) is 0.217. The fourth-order valence-electron chi connectivity index (χ4n) is 3.71. The molecule has 4 nitrogen and oxygen atoms in total.